The molecule has 63 valence electrons. The standard InChI is InChI=1S/C10H17O/c1-8(2)10-6-4-9(3,11-10)5-7-10/h4,8H,5-7H2,1-3H3. The highest BCUT2D eigenvalue weighted by Gasteiger charge is 2.54. The van der Waals surface area contributed by atoms with E-state index in [9.17, 15) is 0 Å². The number of fused-ring (bicyclic) bond motifs is 2. The summed E-state index contributed by atoms with van der Waals surface area (Å²) in [5.41, 5.74) is 0.346. The first-order valence-corrected chi connectivity index (χ1v) is 4.61. The summed E-state index contributed by atoms with van der Waals surface area (Å²) in [4.78, 5) is 0. The zero-order valence-corrected chi connectivity index (χ0v) is 7.68. The molecule has 0 spiro atoms. The van der Waals surface area contributed by atoms with Crippen LogP contribution in [0.4, 0.5) is 0 Å². The van der Waals surface area contributed by atoms with Crippen LogP contribution < -0.4 is 0 Å². The fourth-order valence-electron chi connectivity index (χ4n) is 2.34. The molecule has 2 fully saturated rings. The first kappa shape index (κ1) is 7.60. The first-order chi connectivity index (χ1) is 5.06. The third-order valence-corrected chi connectivity index (χ3v) is 3.41. The molecule has 0 aromatic heterocycles. The Morgan fingerprint density at radius 1 is 1.36 bits per heavy atom. The normalized spacial score (nSPS) is 49.1. The highest BCUT2D eigenvalue weighted by molar-refractivity contribution is 5.13. The molecule has 0 aromatic carbocycles. The molecule has 2 heterocycles. The van der Waals surface area contributed by atoms with Crippen molar-refractivity contribution in [2.75, 3.05) is 0 Å². The van der Waals surface area contributed by atoms with E-state index in [-0.39, 0.29) is 11.2 Å². The quantitative estimate of drug-likeness (QED) is 0.562. The van der Waals surface area contributed by atoms with E-state index < -0.39 is 0 Å². The summed E-state index contributed by atoms with van der Waals surface area (Å²) in [6.45, 7) is 6.75. The average molecular weight is 153 g/mol. The molecule has 2 rings (SSSR count). The molecule has 2 aliphatic rings. The van der Waals surface area contributed by atoms with Crippen LogP contribution in [0.3, 0.4) is 0 Å². The van der Waals surface area contributed by atoms with Gasteiger partial charge in [-0.3, -0.25) is 0 Å². The van der Waals surface area contributed by atoms with Gasteiger partial charge in [0.05, 0.1) is 11.2 Å². The summed E-state index contributed by atoms with van der Waals surface area (Å²) in [7, 11) is 0. The Morgan fingerprint density at radius 2 is 2.09 bits per heavy atom. The zero-order chi connectivity index (χ0) is 8.11. The van der Waals surface area contributed by atoms with Crippen molar-refractivity contribution in [3.63, 3.8) is 0 Å². The maximum Gasteiger partial charge on any atom is 0.0717 e. The molecule has 2 unspecified atom stereocenters. The number of rotatable bonds is 1. The molecule has 2 saturated heterocycles. The van der Waals surface area contributed by atoms with Gasteiger partial charge in [0.1, 0.15) is 0 Å². The summed E-state index contributed by atoms with van der Waals surface area (Å²) in [6.07, 6.45) is 6.01. The predicted molar refractivity (Wildman–Crippen MR) is 45.2 cm³/mol. The summed E-state index contributed by atoms with van der Waals surface area (Å²) in [5, 5.41) is 0. The molecular formula is C10H17O. The minimum atomic E-state index is 0.129. The largest absolute Gasteiger partial charge is 0.368 e. The average Bonchev–Trinajstić information content (AvgIpc) is 2.42. The maximum atomic E-state index is 6.05. The van der Waals surface area contributed by atoms with Crippen LogP contribution in [0.25, 0.3) is 0 Å². The molecule has 0 amide bonds. The molecule has 1 nitrogen and oxygen atoms in total. The summed E-state index contributed by atoms with van der Waals surface area (Å²) in [6, 6.07) is 0. The van der Waals surface area contributed by atoms with Gasteiger partial charge in [0.2, 0.25) is 0 Å². The van der Waals surface area contributed by atoms with Gasteiger partial charge in [-0.15, -0.1) is 0 Å². The molecule has 0 aromatic rings. The van der Waals surface area contributed by atoms with Gasteiger partial charge in [-0.05, 0) is 38.5 Å². The van der Waals surface area contributed by atoms with Gasteiger partial charge < -0.3 is 4.74 Å². The van der Waals surface area contributed by atoms with Gasteiger partial charge in [0, 0.05) is 0 Å². The van der Waals surface area contributed by atoms with E-state index in [2.05, 4.69) is 27.2 Å². The lowest BCUT2D eigenvalue weighted by Crippen LogP contribution is -2.31. The fourth-order valence-corrected chi connectivity index (χ4v) is 2.34. The van der Waals surface area contributed by atoms with Crippen LogP contribution in [0.1, 0.15) is 40.0 Å². The molecular weight excluding hydrogens is 136 g/mol. The van der Waals surface area contributed by atoms with Crippen LogP contribution in [-0.2, 0) is 4.74 Å². The Bertz CT molecular complexity index is 164. The zero-order valence-electron chi connectivity index (χ0n) is 7.68. The Labute approximate surface area is 69.1 Å². The third kappa shape index (κ3) is 0.936. The number of ether oxygens (including phenoxy) is 1. The van der Waals surface area contributed by atoms with Crippen molar-refractivity contribution in [2.24, 2.45) is 5.92 Å². The number of hydrogen-bond acceptors (Lipinski definition) is 1. The van der Waals surface area contributed by atoms with E-state index in [0.717, 1.165) is 0 Å². The molecule has 2 aliphatic heterocycles. The topological polar surface area (TPSA) is 9.23 Å². The second kappa shape index (κ2) is 2.01. The Balaban J connectivity index is 2.20. The second-order valence-corrected chi connectivity index (χ2v) is 4.54. The molecule has 0 saturated carbocycles. The number of hydrogen-bond donors (Lipinski definition) is 0. The second-order valence-electron chi connectivity index (χ2n) is 4.54. The van der Waals surface area contributed by atoms with E-state index in [4.69, 9.17) is 4.74 Å². The highest BCUT2D eigenvalue weighted by atomic mass is 16.5. The lowest BCUT2D eigenvalue weighted by molar-refractivity contribution is -0.0592. The molecule has 0 aliphatic carbocycles. The van der Waals surface area contributed by atoms with Crippen LogP contribution >= 0.6 is 0 Å². The van der Waals surface area contributed by atoms with Gasteiger partial charge >= 0.3 is 0 Å². The SMILES string of the molecule is CC(C)C12C[CH]C(C)(CC1)O2. The van der Waals surface area contributed by atoms with E-state index in [0.29, 0.717) is 5.92 Å². The van der Waals surface area contributed by atoms with Crippen LogP contribution in [0, 0.1) is 12.3 Å². The van der Waals surface area contributed by atoms with Crippen molar-refractivity contribution < 1.29 is 4.74 Å². The third-order valence-electron chi connectivity index (χ3n) is 3.41. The van der Waals surface area contributed by atoms with Crippen LogP contribution in [0.2, 0.25) is 0 Å². The van der Waals surface area contributed by atoms with Gasteiger partial charge in [-0.1, -0.05) is 13.8 Å². The van der Waals surface area contributed by atoms with Gasteiger partial charge in [-0.25, -0.2) is 0 Å². The lowest BCUT2D eigenvalue weighted by Gasteiger charge is -2.28. The minimum absolute atomic E-state index is 0.129. The van der Waals surface area contributed by atoms with Crippen molar-refractivity contribution in [1.29, 1.82) is 0 Å². The summed E-state index contributed by atoms with van der Waals surface area (Å²) >= 11 is 0. The minimum Gasteiger partial charge on any atom is -0.368 e. The fraction of sp³-hybridized carbons (Fsp3) is 0.900. The van der Waals surface area contributed by atoms with Crippen LogP contribution in [0.5, 0.6) is 0 Å². The molecule has 1 heteroatoms. The van der Waals surface area contributed by atoms with Crippen molar-refractivity contribution in [3.8, 4) is 0 Å². The molecule has 11 heavy (non-hydrogen) atoms. The van der Waals surface area contributed by atoms with E-state index >= 15 is 0 Å². The van der Waals surface area contributed by atoms with E-state index in [1.807, 2.05) is 0 Å². The Hall–Kier alpha value is -0.0400. The van der Waals surface area contributed by atoms with Crippen molar-refractivity contribution >= 4 is 0 Å². The van der Waals surface area contributed by atoms with Gasteiger partial charge in [-0.2, -0.15) is 0 Å². The lowest BCUT2D eigenvalue weighted by atomic mass is 9.77. The van der Waals surface area contributed by atoms with Crippen molar-refractivity contribution in [3.05, 3.63) is 6.42 Å². The van der Waals surface area contributed by atoms with Crippen molar-refractivity contribution in [2.45, 2.75) is 51.2 Å². The highest BCUT2D eigenvalue weighted by Crippen LogP contribution is 2.53. The molecule has 2 bridgehead atoms. The monoisotopic (exact) mass is 153 g/mol. The maximum absolute atomic E-state index is 6.05. The summed E-state index contributed by atoms with van der Waals surface area (Å²) < 4.78 is 6.05. The predicted octanol–water partition coefficient (Wildman–Crippen LogP) is 2.56. The van der Waals surface area contributed by atoms with E-state index in [1.165, 1.54) is 19.3 Å². The summed E-state index contributed by atoms with van der Waals surface area (Å²) in [5.74, 6) is 0.670. The van der Waals surface area contributed by atoms with E-state index in [1.54, 1.807) is 0 Å². The van der Waals surface area contributed by atoms with Crippen LogP contribution in [-0.4, -0.2) is 11.2 Å². The molecule has 2 atom stereocenters. The Morgan fingerprint density at radius 3 is 2.27 bits per heavy atom. The van der Waals surface area contributed by atoms with Gasteiger partial charge in [0.15, 0.2) is 0 Å². The Kier molecular flexibility index (Phi) is 1.39. The first-order valence-electron chi connectivity index (χ1n) is 4.61. The smallest absolute Gasteiger partial charge is 0.0717 e. The molecule has 1 radical (unpaired) electrons. The van der Waals surface area contributed by atoms with Gasteiger partial charge in [0.25, 0.3) is 0 Å². The molecule has 0 N–H and O–H groups in total. The van der Waals surface area contributed by atoms with Crippen LogP contribution in [0.15, 0.2) is 0 Å². The van der Waals surface area contributed by atoms with Crippen molar-refractivity contribution in [1.82, 2.24) is 0 Å².